The first-order chi connectivity index (χ1) is 6.16. The number of hydrogen-bond acceptors (Lipinski definition) is 4. The molecule has 1 rings (SSSR count). The molecule has 0 saturated heterocycles. The molecule has 0 aliphatic heterocycles. The SMILES string of the molecule is Cc1c(C(N)COC=O)csc1Br. The quantitative estimate of drug-likeness (QED) is 0.846. The van der Waals surface area contributed by atoms with Gasteiger partial charge in [-0.2, -0.15) is 0 Å². The maximum absolute atomic E-state index is 9.95. The molecule has 0 amide bonds. The van der Waals surface area contributed by atoms with E-state index in [9.17, 15) is 4.79 Å². The van der Waals surface area contributed by atoms with E-state index < -0.39 is 0 Å². The summed E-state index contributed by atoms with van der Waals surface area (Å²) in [6, 6.07) is -0.229. The summed E-state index contributed by atoms with van der Waals surface area (Å²) in [5.74, 6) is 0. The fourth-order valence-corrected chi connectivity index (χ4v) is 2.39. The van der Waals surface area contributed by atoms with Crippen LogP contribution in [-0.4, -0.2) is 13.1 Å². The standard InChI is InChI=1S/C8H10BrNO2S/c1-5-6(3-13-8(5)9)7(10)2-12-4-11/h3-4,7H,2,10H2,1H3. The molecule has 2 N–H and O–H groups in total. The second kappa shape index (κ2) is 4.74. The van der Waals surface area contributed by atoms with Gasteiger partial charge in [-0.15, -0.1) is 11.3 Å². The highest BCUT2D eigenvalue weighted by Gasteiger charge is 2.12. The van der Waals surface area contributed by atoms with Crippen molar-refractivity contribution in [1.82, 2.24) is 0 Å². The predicted octanol–water partition coefficient (Wildman–Crippen LogP) is 1.99. The van der Waals surface area contributed by atoms with E-state index in [0.717, 1.165) is 14.9 Å². The highest BCUT2D eigenvalue weighted by molar-refractivity contribution is 9.11. The van der Waals surface area contributed by atoms with Crippen LogP contribution in [-0.2, 0) is 9.53 Å². The second-order valence-corrected chi connectivity index (χ2v) is 4.82. The summed E-state index contributed by atoms with van der Waals surface area (Å²) in [7, 11) is 0. The number of rotatable bonds is 4. The molecule has 1 aromatic heterocycles. The summed E-state index contributed by atoms with van der Waals surface area (Å²) in [5, 5.41) is 1.97. The van der Waals surface area contributed by atoms with Gasteiger partial charge in [0, 0.05) is 0 Å². The fraction of sp³-hybridized carbons (Fsp3) is 0.375. The molecule has 1 unspecified atom stereocenters. The van der Waals surface area contributed by atoms with Crippen LogP contribution >= 0.6 is 27.3 Å². The third kappa shape index (κ3) is 2.52. The van der Waals surface area contributed by atoms with E-state index in [1.165, 1.54) is 0 Å². The van der Waals surface area contributed by atoms with Gasteiger partial charge in [0.25, 0.3) is 6.47 Å². The summed E-state index contributed by atoms with van der Waals surface area (Å²) < 4.78 is 5.67. The molecule has 0 aromatic carbocycles. The Kier molecular flexibility index (Phi) is 3.90. The minimum absolute atomic E-state index is 0.229. The van der Waals surface area contributed by atoms with Gasteiger partial charge in [-0.1, -0.05) is 0 Å². The highest BCUT2D eigenvalue weighted by atomic mass is 79.9. The van der Waals surface area contributed by atoms with Crippen molar-refractivity contribution in [2.24, 2.45) is 5.73 Å². The maximum Gasteiger partial charge on any atom is 0.293 e. The van der Waals surface area contributed by atoms with Crippen LogP contribution in [0.4, 0.5) is 0 Å². The third-order valence-electron chi connectivity index (χ3n) is 1.76. The van der Waals surface area contributed by atoms with Gasteiger partial charge >= 0.3 is 0 Å². The first-order valence-electron chi connectivity index (χ1n) is 3.71. The van der Waals surface area contributed by atoms with E-state index >= 15 is 0 Å². The van der Waals surface area contributed by atoms with Gasteiger partial charge < -0.3 is 10.5 Å². The zero-order valence-corrected chi connectivity index (χ0v) is 9.52. The van der Waals surface area contributed by atoms with Crippen molar-refractivity contribution in [3.8, 4) is 0 Å². The Balaban J connectivity index is 2.70. The Labute approximate surface area is 89.0 Å². The predicted molar refractivity (Wildman–Crippen MR) is 55.7 cm³/mol. The lowest BCUT2D eigenvalue weighted by molar-refractivity contribution is -0.129. The van der Waals surface area contributed by atoms with E-state index in [0.29, 0.717) is 6.47 Å². The molecule has 0 fully saturated rings. The molecular weight excluding hydrogens is 254 g/mol. The molecule has 72 valence electrons. The molecule has 0 saturated carbocycles. The number of carbonyl (C=O) groups is 1. The van der Waals surface area contributed by atoms with Crippen molar-refractivity contribution in [2.75, 3.05) is 6.61 Å². The smallest absolute Gasteiger partial charge is 0.293 e. The number of ether oxygens (including phenoxy) is 1. The summed E-state index contributed by atoms with van der Waals surface area (Å²) in [4.78, 5) is 9.95. The van der Waals surface area contributed by atoms with Crippen LogP contribution in [0.5, 0.6) is 0 Å². The van der Waals surface area contributed by atoms with E-state index in [1.807, 2.05) is 12.3 Å². The first kappa shape index (κ1) is 10.7. The first-order valence-corrected chi connectivity index (χ1v) is 5.38. The number of thiophene rings is 1. The average molecular weight is 264 g/mol. The van der Waals surface area contributed by atoms with Gasteiger partial charge in [-0.05, 0) is 39.4 Å². The van der Waals surface area contributed by atoms with Gasteiger partial charge in [-0.25, -0.2) is 0 Å². The summed E-state index contributed by atoms with van der Waals surface area (Å²) in [5.41, 5.74) is 7.94. The zero-order valence-electron chi connectivity index (χ0n) is 7.12. The maximum atomic E-state index is 9.95. The van der Waals surface area contributed by atoms with Gasteiger partial charge in [0.2, 0.25) is 0 Å². The molecule has 1 atom stereocenters. The summed E-state index contributed by atoms with van der Waals surface area (Å²) >= 11 is 4.99. The molecule has 5 heteroatoms. The van der Waals surface area contributed by atoms with Crippen LogP contribution in [0, 0.1) is 6.92 Å². The van der Waals surface area contributed by atoms with Gasteiger partial charge in [0.05, 0.1) is 9.83 Å². The van der Waals surface area contributed by atoms with Crippen LogP contribution in [0.1, 0.15) is 17.2 Å². The minimum Gasteiger partial charge on any atom is -0.466 e. The molecule has 0 radical (unpaired) electrons. The number of nitrogens with two attached hydrogens (primary N) is 1. The molecule has 0 bridgehead atoms. The van der Waals surface area contributed by atoms with Crippen molar-refractivity contribution in [3.05, 3.63) is 20.3 Å². The lowest BCUT2D eigenvalue weighted by Gasteiger charge is -2.09. The van der Waals surface area contributed by atoms with Crippen molar-refractivity contribution < 1.29 is 9.53 Å². The Bertz CT molecular complexity index is 300. The Hall–Kier alpha value is -0.390. The molecule has 0 aliphatic carbocycles. The topological polar surface area (TPSA) is 52.3 Å². The molecule has 3 nitrogen and oxygen atoms in total. The average Bonchev–Trinajstić information content (AvgIpc) is 2.44. The molecule has 0 spiro atoms. The number of halogens is 1. The lowest BCUT2D eigenvalue weighted by atomic mass is 10.1. The molecule has 13 heavy (non-hydrogen) atoms. The molecule has 1 aromatic rings. The third-order valence-corrected chi connectivity index (χ3v) is 3.80. The normalized spacial score (nSPS) is 12.5. The highest BCUT2D eigenvalue weighted by Crippen LogP contribution is 2.30. The van der Waals surface area contributed by atoms with Crippen molar-refractivity contribution >= 4 is 33.7 Å². The molecular formula is C8H10BrNO2S. The van der Waals surface area contributed by atoms with Gasteiger partial charge in [0.15, 0.2) is 0 Å². The Morgan fingerprint density at radius 1 is 1.85 bits per heavy atom. The molecule has 0 aliphatic rings. The Morgan fingerprint density at radius 3 is 3.00 bits per heavy atom. The number of carbonyl (C=O) groups excluding carboxylic acids is 1. The van der Waals surface area contributed by atoms with Crippen molar-refractivity contribution in [3.63, 3.8) is 0 Å². The van der Waals surface area contributed by atoms with Crippen LogP contribution in [0.3, 0.4) is 0 Å². The van der Waals surface area contributed by atoms with Crippen molar-refractivity contribution in [2.45, 2.75) is 13.0 Å². The summed E-state index contributed by atoms with van der Waals surface area (Å²) in [6.07, 6.45) is 0. The van der Waals surface area contributed by atoms with Crippen LogP contribution < -0.4 is 5.73 Å². The Morgan fingerprint density at radius 2 is 2.54 bits per heavy atom. The van der Waals surface area contributed by atoms with E-state index in [4.69, 9.17) is 5.73 Å². The monoisotopic (exact) mass is 263 g/mol. The second-order valence-electron chi connectivity index (χ2n) is 2.63. The van der Waals surface area contributed by atoms with E-state index in [-0.39, 0.29) is 12.6 Å². The van der Waals surface area contributed by atoms with Crippen molar-refractivity contribution in [1.29, 1.82) is 0 Å². The van der Waals surface area contributed by atoms with Crippen LogP contribution in [0.25, 0.3) is 0 Å². The van der Waals surface area contributed by atoms with Crippen LogP contribution in [0.15, 0.2) is 9.17 Å². The lowest BCUT2D eigenvalue weighted by Crippen LogP contribution is -2.16. The zero-order chi connectivity index (χ0) is 9.84. The molecule has 1 heterocycles. The number of hydrogen-bond donors (Lipinski definition) is 1. The van der Waals surface area contributed by atoms with Gasteiger partial charge in [0.1, 0.15) is 6.61 Å². The van der Waals surface area contributed by atoms with E-state index in [2.05, 4.69) is 20.7 Å². The van der Waals surface area contributed by atoms with Gasteiger partial charge in [-0.3, -0.25) is 4.79 Å². The fourth-order valence-electron chi connectivity index (χ4n) is 1.00. The van der Waals surface area contributed by atoms with Crippen LogP contribution in [0.2, 0.25) is 0 Å². The summed E-state index contributed by atoms with van der Waals surface area (Å²) in [6.45, 7) is 2.63. The van der Waals surface area contributed by atoms with E-state index in [1.54, 1.807) is 11.3 Å². The largest absolute Gasteiger partial charge is 0.466 e. The minimum atomic E-state index is -0.229.